The summed E-state index contributed by atoms with van der Waals surface area (Å²) in [5.74, 6) is 2.82. The number of hydrogen-bond donors (Lipinski definition) is 1. The van der Waals surface area contributed by atoms with Crippen LogP contribution in [0.2, 0.25) is 0 Å². The van der Waals surface area contributed by atoms with Gasteiger partial charge in [-0.25, -0.2) is 4.39 Å². The average Bonchev–Trinajstić information content (AvgIpc) is 3.16. The molecular weight excluding hydrogens is 403 g/mol. The van der Waals surface area contributed by atoms with Crippen molar-refractivity contribution in [2.75, 3.05) is 6.54 Å². The van der Waals surface area contributed by atoms with Crippen LogP contribution in [0.25, 0.3) is 5.69 Å². The second kappa shape index (κ2) is 8.49. The molecule has 1 aromatic carbocycles. The molecule has 0 saturated carbocycles. The van der Waals surface area contributed by atoms with Crippen molar-refractivity contribution < 1.29 is 4.39 Å². The summed E-state index contributed by atoms with van der Waals surface area (Å²) in [5.41, 5.74) is 0.234. The fourth-order valence-electron chi connectivity index (χ4n) is 3.11. The summed E-state index contributed by atoms with van der Waals surface area (Å²) in [4.78, 5) is 1.49. The van der Waals surface area contributed by atoms with Crippen LogP contribution in [0, 0.1) is 29.5 Å². The fourth-order valence-corrected chi connectivity index (χ4v) is 3.99. The second-order valence-electron chi connectivity index (χ2n) is 6.76. The van der Waals surface area contributed by atoms with Gasteiger partial charge < -0.3 is 5.32 Å². The molecule has 0 spiro atoms. The molecule has 4 rings (SSSR count). The molecule has 2 aromatic heterocycles. The molecule has 1 aliphatic heterocycles. The Bertz CT molecular complexity index is 1130. The molecule has 1 aliphatic rings. The largest absolute Gasteiger partial charge is 0.303 e. The van der Waals surface area contributed by atoms with Crippen molar-refractivity contribution >= 4 is 11.3 Å². The molecule has 150 valence electrons. The quantitative estimate of drug-likeness (QED) is 0.535. The molecule has 30 heavy (non-hydrogen) atoms. The molecular formula is C20H17FN8S. The zero-order valence-electron chi connectivity index (χ0n) is 15.9. The maximum atomic E-state index is 13.3. The molecule has 0 fully saturated rings. The topological polar surface area (TPSA) is 104 Å². The van der Waals surface area contributed by atoms with Gasteiger partial charge in [0.25, 0.3) is 0 Å². The van der Waals surface area contributed by atoms with Crippen LogP contribution in [-0.2, 0) is 0 Å². The first-order valence-electron chi connectivity index (χ1n) is 9.29. The van der Waals surface area contributed by atoms with E-state index < -0.39 is 5.66 Å². The van der Waals surface area contributed by atoms with Crippen molar-refractivity contribution in [3.63, 3.8) is 0 Å². The highest BCUT2D eigenvalue weighted by molar-refractivity contribution is 7.12. The van der Waals surface area contributed by atoms with Crippen molar-refractivity contribution in [3.8, 4) is 24.1 Å². The van der Waals surface area contributed by atoms with Crippen molar-refractivity contribution in [2.45, 2.75) is 31.0 Å². The Morgan fingerprint density at radius 1 is 1.20 bits per heavy atom. The molecule has 3 heterocycles. The van der Waals surface area contributed by atoms with Crippen molar-refractivity contribution in [1.82, 2.24) is 25.5 Å². The maximum Gasteiger partial charge on any atom is 0.193 e. The number of nitrogens with zero attached hydrogens (tertiary/aromatic N) is 7. The van der Waals surface area contributed by atoms with Crippen LogP contribution in [0.4, 0.5) is 4.39 Å². The van der Waals surface area contributed by atoms with Gasteiger partial charge in [0.1, 0.15) is 22.8 Å². The number of halogens is 1. The average molecular weight is 420 g/mol. The van der Waals surface area contributed by atoms with Crippen molar-refractivity contribution in [1.29, 1.82) is 5.26 Å². The number of hydrogen-bond acceptors (Lipinski definition) is 8. The van der Waals surface area contributed by atoms with Crippen molar-refractivity contribution in [2.24, 2.45) is 10.2 Å². The molecule has 0 bridgehead atoms. The molecule has 3 aromatic rings. The summed E-state index contributed by atoms with van der Waals surface area (Å²) in [6.45, 7) is 0.596. The maximum absolute atomic E-state index is 13.3. The van der Waals surface area contributed by atoms with Gasteiger partial charge in [-0.3, -0.25) is 0 Å². The first kappa shape index (κ1) is 19.8. The molecule has 8 nitrogen and oxygen atoms in total. The number of terminal acetylenes is 1. The molecule has 1 unspecified atom stereocenters. The van der Waals surface area contributed by atoms with Crippen molar-refractivity contribution in [3.05, 3.63) is 57.8 Å². The molecule has 0 amide bonds. The van der Waals surface area contributed by atoms with Gasteiger partial charge in [0.15, 0.2) is 11.5 Å². The van der Waals surface area contributed by atoms with E-state index in [4.69, 9.17) is 6.42 Å². The minimum atomic E-state index is -0.403. The molecule has 0 aliphatic carbocycles. The van der Waals surface area contributed by atoms with Crippen LogP contribution in [0.3, 0.4) is 0 Å². The highest BCUT2D eigenvalue weighted by atomic mass is 32.1. The van der Waals surface area contributed by atoms with E-state index in [0.717, 1.165) is 11.3 Å². The van der Waals surface area contributed by atoms with Crippen LogP contribution >= 0.6 is 11.3 Å². The monoisotopic (exact) mass is 420 g/mol. The lowest BCUT2D eigenvalue weighted by atomic mass is 10.0. The second-order valence-corrected chi connectivity index (χ2v) is 7.88. The standard InChI is InChI=1S/C20H17FN8S/c1-2-3-10-20(25-26-20)11-12-23-18(17-9-8-16(13-22)30-17)19-24-27-28-29(19)15-6-4-14(21)5-7-15/h1,4-9,18,23H,3,10-12H2. The Hall–Kier alpha value is -3.47. The Labute approximate surface area is 176 Å². The number of nitrogens with one attached hydrogen (secondary N) is 1. The third kappa shape index (κ3) is 4.25. The highest BCUT2D eigenvalue weighted by Gasteiger charge is 2.39. The summed E-state index contributed by atoms with van der Waals surface area (Å²) in [7, 11) is 0. The van der Waals surface area contributed by atoms with E-state index in [0.29, 0.717) is 35.8 Å². The summed E-state index contributed by atoms with van der Waals surface area (Å²) >= 11 is 1.37. The predicted octanol–water partition coefficient (Wildman–Crippen LogP) is 3.38. The van der Waals surface area contributed by atoms with Gasteiger partial charge >= 0.3 is 0 Å². The van der Waals surface area contributed by atoms with Gasteiger partial charge in [0.2, 0.25) is 0 Å². The van der Waals surface area contributed by atoms with E-state index in [9.17, 15) is 9.65 Å². The summed E-state index contributed by atoms with van der Waals surface area (Å²) in [6.07, 6.45) is 7.39. The lowest BCUT2D eigenvalue weighted by Gasteiger charge is -2.18. The number of nitriles is 1. The van der Waals surface area contributed by atoms with Crippen LogP contribution in [0.5, 0.6) is 0 Å². The Morgan fingerprint density at radius 2 is 2.00 bits per heavy atom. The number of rotatable bonds is 9. The van der Waals surface area contributed by atoms with Crippen LogP contribution in [-0.4, -0.2) is 32.4 Å². The summed E-state index contributed by atoms with van der Waals surface area (Å²) in [5, 5.41) is 33.1. The highest BCUT2D eigenvalue weighted by Crippen LogP contribution is 2.36. The molecule has 0 saturated heterocycles. The third-order valence-corrected chi connectivity index (χ3v) is 5.83. The Morgan fingerprint density at radius 3 is 2.67 bits per heavy atom. The zero-order valence-corrected chi connectivity index (χ0v) is 16.7. The van der Waals surface area contributed by atoms with Gasteiger partial charge in [0.05, 0.1) is 5.69 Å². The molecule has 0 radical (unpaired) electrons. The Balaban J connectivity index is 1.58. The fraction of sp³-hybridized carbons (Fsp3) is 0.300. The summed E-state index contributed by atoms with van der Waals surface area (Å²) < 4.78 is 14.9. The molecule has 1 atom stereocenters. The number of thiophene rings is 1. The van der Waals surface area contributed by atoms with Crippen LogP contribution in [0.15, 0.2) is 46.6 Å². The normalized spacial score (nSPS) is 14.8. The Kier molecular flexibility index (Phi) is 5.61. The number of benzene rings is 1. The predicted molar refractivity (Wildman–Crippen MR) is 108 cm³/mol. The van der Waals surface area contributed by atoms with E-state index in [1.54, 1.807) is 22.9 Å². The lowest BCUT2D eigenvalue weighted by molar-refractivity contribution is 0.465. The minimum Gasteiger partial charge on any atom is -0.303 e. The summed E-state index contributed by atoms with van der Waals surface area (Å²) in [6, 6.07) is 11.4. The van der Waals surface area contributed by atoms with E-state index in [-0.39, 0.29) is 11.9 Å². The van der Waals surface area contributed by atoms with Gasteiger partial charge in [0, 0.05) is 30.7 Å². The number of aromatic nitrogens is 4. The SMILES string of the molecule is C#CCCC1(CCNC(c2ccc(C#N)s2)c2nnnn2-c2ccc(F)cc2)N=N1. The smallest absolute Gasteiger partial charge is 0.193 e. The lowest BCUT2D eigenvalue weighted by Crippen LogP contribution is -2.29. The van der Waals surface area contributed by atoms with E-state index in [1.165, 1.54) is 23.5 Å². The van der Waals surface area contributed by atoms with Gasteiger partial charge in [-0.05, 0) is 46.8 Å². The first-order chi connectivity index (χ1) is 14.6. The van der Waals surface area contributed by atoms with E-state index >= 15 is 0 Å². The zero-order chi connectivity index (χ0) is 21.0. The van der Waals surface area contributed by atoms with Gasteiger partial charge in [-0.1, -0.05) is 0 Å². The minimum absolute atomic E-state index is 0.339. The van der Waals surface area contributed by atoms with Crippen LogP contribution in [0.1, 0.15) is 40.9 Å². The third-order valence-electron chi connectivity index (χ3n) is 4.77. The van der Waals surface area contributed by atoms with Crippen LogP contribution < -0.4 is 5.32 Å². The van der Waals surface area contributed by atoms with Gasteiger partial charge in [-0.2, -0.15) is 20.2 Å². The van der Waals surface area contributed by atoms with Gasteiger partial charge in [-0.15, -0.1) is 28.8 Å². The van der Waals surface area contributed by atoms with E-state index in [2.05, 4.69) is 43.1 Å². The first-order valence-corrected chi connectivity index (χ1v) is 10.1. The number of tetrazole rings is 1. The molecule has 10 heteroatoms. The van der Waals surface area contributed by atoms with E-state index in [1.807, 2.05) is 6.07 Å². The molecule has 1 N–H and O–H groups in total.